The minimum absolute atomic E-state index is 0.0260. The number of benzene rings is 1. The third-order valence-electron chi connectivity index (χ3n) is 6.74. The molecule has 6 heteroatoms. The Morgan fingerprint density at radius 3 is 2.53 bits per heavy atom. The van der Waals surface area contributed by atoms with Crippen LogP contribution < -0.4 is 4.90 Å². The highest BCUT2D eigenvalue weighted by Crippen LogP contribution is 2.49. The monoisotopic (exact) mass is 445 g/mol. The number of aryl methyl sites for hydroxylation is 1. The summed E-state index contributed by atoms with van der Waals surface area (Å²) in [5.41, 5.74) is 7.36. The summed E-state index contributed by atoms with van der Waals surface area (Å²) in [5, 5.41) is 1.18. The van der Waals surface area contributed by atoms with Gasteiger partial charge in [0.05, 0.1) is 11.7 Å². The van der Waals surface area contributed by atoms with Crippen molar-refractivity contribution >= 4 is 22.6 Å². The van der Waals surface area contributed by atoms with Gasteiger partial charge in [0.2, 0.25) is 0 Å². The van der Waals surface area contributed by atoms with Gasteiger partial charge in [-0.2, -0.15) is 0 Å². The van der Waals surface area contributed by atoms with Crippen molar-refractivity contribution in [2.45, 2.75) is 45.3 Å². The summed E-state index contributed by atoms with van der Waals surface area (Å²) >= 11 is 1.90. The minimum atomic E-state index is 0.0260. The van der Waals surface area contributed by atoms with Crippen LogP contribution in [0.15, 0.2) is 59.7 Å². The Kier molecular flexibility index (Phi) is 5.49. The van der Waals surface area contributed by atoms with Crippen molar-refractivity contribution in [2.75, 3.05) is 24.7 Å². The Bertz CT molecular complexity index is 1130. The summed E-state index contributed by atoms with van der Waals surface area (Å²) in [6, 6.07) is 18.1. The molecule has 0 spiro atoms. The van der Waals surface area contributed by atoms with E-state index in [1.807, 2.05) is 24.0 Å². The van der Waals surface area contributed by atoms with Crippen LogP contribution in [0.5, 0.6) is 0 Å². The highest BCUT2D eigenvalue weighted by Gasteiger charge is 2.46. The third-order valence-corrected chi connectivity index (χ3v) is 7.87. The molecule has 166 valence electrons. The van der Waals surface area contributed by atoms with Gasteiger partial charge in [0.1, 0.15) is 6.04 Å². The third kappa shape index (κ3) is 3.41. The average Bonchev–Trinajstić information content (AvgIpc) is 3.46. The number of pyridine rings is 1. The molecule has 0 radical (unpaired) electrons. The van der Waals surface area contributed by atoms with Gasteiger partial charge in [0, 0.05) is 54.8 Å². The second-order valence-electron chi connectivity index (χ2n) is 8.91. The summed E-state index contributed by atoms with van der Waals surface area (Å²) in [6.07, 6.45) is 3.01. The first-order valence-corrected chi connectivity index (χ1v) is 12.3. The lowest BCUT2D eigenvalue weighted by molar-refractivity contribution is 0.254. The molecule has 1 saturated heterocycles. The maximum absolute atomic E-state index is 5.19. The number of hydrogen-bond acceptors (Lipinski definition) is 5. The summed E-state index contributed by atoms with van der Waals surface area (Å²) < 4.78 is 2.38. The highest BCUT2D eigenvalue weighted by atomic mass is 32.2. The maximum Gasteiger partial charge on any atom is 0.160 e. The van der Waals surface area contributed by atoms with E-state index in [9.17, 15) is 0 Å². The molecule has 0 unspecified atom stereocenters. The predicted molar refractivity (Wildman–Crippen MR) is 135 cm³/mol. The molecule has 0 bridgehead atoms. The molecule has 3 aromatic rings. The molecule has 2 aliphatic rings. The minimum Gasteiger partial charge on any atom is -0.378 e. The molecule has 5 nitrogen and oxygen atoms in total. The Morgan fingerprint density at radius 2 is 1.88 bits per heavy atom. The zero-order chi connectivity index (χ0) is 22.4. The van der Waals surface area contributed by atoms with E-state index in [1.54, 1.807) is 0 Å². The molecule has 0 saturated carbocycles. The molecule has 4 heterocycles. The number of aromatic nitrogens is 2. The second kappa shape index (κ2) is 8.32. The van der Waals surface area contributed by atoms with Gasteiger partial charge in [0.25, 0.3) is 0 Å². The van der Waals surface area contributed by atoms with E-state index in [-0.39, 0.29) is 12.1 Å². The van der Waals surface area contributed by atoms with Crippen molar-refractivity contribution in [3.05, 3.63) is 77.4 Å². The SMILES string of the molecule is CC[C@@H]1CSC2=N[C@H](c3ccccn3)[C@@H](c3cc(C)n(-c4ccc(N(C)C)cc4)c3C)N21. The van der Waals surface area contributed by atoms with Crippen molar-refractivity contribution in [1.82, 2.24) is 14.5 Å². The van der Waals surface area contributed by atoms with Gasteiger partial charge in [-0.15, -0.1) is 0 Å². The second-order valence-corrected chi connectivity index (χ2v) is 9.90. The highest BCUT2D eigenvalue weighted by molar-refractivity contribution is 8.14. The largest absolute Gasteiger partial charge is 0.378 e. The number of fused-ring (bicyclic) bond motifs is 1. The topological polar surface area (TPSA) is 36.7 Å². The van der Waals surface area contributed by atoms with Crippen molar-refractivity contribution in [1.29, 1.82) is 0 Å². The van der Waals surface area contributed by atoms with E-state index < -0.39 is 0 Å². The molecule has 1 fully saturated rings. The van der Waals surface area contributed by atoms with Gasteiger partial charge >= 0.3 is 0 Å². The summed E-state index contributed by atoms with van der Waals surface area (Å²) in [6.45, 7) is 6.74. The van der Waals surface area contributed by atoms with Gasteiger partial charge in [-0.25, -0.2) is 0 Å². The Labute approximate surface area is 195 Å². The Hall–Kier alpha value is -2.73. The van der Waals surface area contributed by atoms with Crippen LogP contribution in [0.2, 0.25) is 0 Å². The molecular weight excluding hydrogens is 414 g/mol. The van der Waals surface area contributed by atoms with Crippen molar-refractivity contribution in [3.63, 3.8) is 0 Å². The number of hydrogen-bond donors (Lipinski definition) is 0. The molecule has 1 aromatic carbocycles. The molecule has 3 atom stereocenters. The first-order valence-electron chi connectivity index (χ1n) is 11.4. The van der Waals surface area contributed by atoms with E-state index in [4.69, 9.17) is 9.98 Å². The Balaban J connectivity index is 1.60. The average molecular weight is 446 g/mol. The lowest BCUT2D eigenvalue weighted by Crippen LogP contribution is -2.35. The number of anilines is 1. The number of nitrogens with zero attached hydrogens (tertiary/aromatic N) is 5. The van der Waals surface area contributed by atoms with Gasteiger partial charge in [-0.05, 0) is 68.3 Å². The molecule has 0 aliphatic carbocycles. The zero-order valence-corrected chi connectivity index (χ0v) is 20.3. The number of amidine groups is 1. The van der Waals surface area contributed by atoms with E-state index in [0.717, 1.165) is 17.9 Å². The molecule has 2 aromatic heterocycles. The normalized spacial score (nSPS) is 22.2. The fourth-order valence-electron chi connectivity index (χ4n) is 5.07. The number of aliphatic imine (C=N–C) groups is 1. The van der Waals surface area contributed by atoms with Gasteiger partial charge in [0.15, 0.2) is 5.17 Å². The maximum atomic E-state index is 5.19. The van der Waals surface area contributed by atoms with Crippen molar-refractivity contribution in [2.24, 2.45) is 4.99 Å². The van der Waals surface area contributed by atoms with Crippen molar-refractivity contribution in [3.8, 4) is 5.69 Å². The number of thioether (sulfide) groups is 1. The summed E-state index contributed by atoms with van der Waals surface area (Å²) in [4.78, 5) is 14.6. The number of rotatable bonds is 5. The van der Waals surface area contributed by atoms with Crippen LogP contribution in [0, 0.1) is 13.8 Å². The summed E-state index contributed by atoms with van der Waals surface area (Å²) in [5.74, 6) is 1.12. The molecule has 2 aliphatic heterocycles. The zero-order valence-electron chi connectivity index (χ0n) is 19.5. The fourth-order valence-corrected chi connectivity index (χ4v) is 6.41. The first-order chi connectivity index (χ1) is 15.5. The lowest BCUT2D eigenvalue weighted by atomic mass is 9.95. The van der Waals surface area contributed by atoms with Crippen LogP contribution in [-0.4, -0.2) is 45.5 Å². The summed E-state index contributed by atoms with van der Waals surface area (Å²) in [7, 11) is 4.15. The van der Waals surface area contributed by atoms with E-state index in [1.165, 1.54) is 33.5 Å². The first kappa shape index (κ1) is 21.1. The van der Waals surface area contributed by atoms with Crippen LogP contribution in [0.4, 0.5) is 5.69 Å². The van der Waals surface area contributed by atoms with Gasteiger partial charge in [-0.3, -0.25) is 9.98 Å². The van der Waals surface area contributed by atoms with E-state index in [2.05, 4.69) is 91.7 Å². The predicted octanol–water partition coefficient (Wildman–Crippen LogP) is 5.53. The quantitative estimate of drug-likeness (QED) is 0.517. The Morgan fingerprint density at radius 1 is 1.09 bits per heavy atom. The molecule has 5 rings (SSSR count). The van der Waals surface area contributed by atoms with E-state index in [0.29, 0.717) is 6.04 Å². The van der Waals surface area contributed by atoms with Gasteiger partial charge in [-0.1, -0.05) is 24.8 Å². The van der Waals surface area contributed by atoms with E-state index >= 15 is 0 Å². The van der Waals surface area contributed by atoms with Crippen molar-refractivity contribution < 1.29 is 0 Å². The smallest absolute Gasteiger partial charge is 0.160 e. The molecule has 32 heavy (non-hydrogen) atoms. The van der Waals surface area contributed by atoms with Gasteiger partial charge < -0.3 is 14.4 Å². The van der Waals surface area contributed by atoms with Crippen LogP contribution in [0.3, 0.4) is 0 Å². The van der Waals surface area contributed by atoms with Crippen LogP contribution in [0.25, 0.3) is 5.69 Å². The standard InChI is InChI=1S/C26H31N5S/c1-6-19-16-32-26-28-24(23-9-7-8-14-27-23)25(31(19)26)22-15-17(2)30(18(22)3)21-12-10-20(11-13-21)29(4)5/h7-15,19,24-25H,6,16H2,1-5H3/t19-,24-,25-/m1/s1. The lowest BCUT2D eigenvalue weighted by Gasteiger charge is -2.32. The fraction of sp³-hybridized carbons (Fsp3) is 0.385. The van der Waals surface area contributed by atoms with Crippen LogP contribution in [0.1, 0.15) is 48.1 Å². The molecule has 0 amide bonds. The molecular formula is C26H31N5S. The van der Waals surface area contributed by atoms with Crippen LogP contribution >= 0.6 is 11.8 Å². The van der Waals surface area contributed by atoms with Crippen LogP contribution in [-0.2, 0) is 0 Å². The molecule has 0 N–H and O–H groups in total.